The number of ketones is 2. The van der Waals surface area contributed by atoms with Gasteiger partial charge in [0.05, 0.1) is 19.2 Å². The number of carbonyl (C=O) groups is 2. The van der Waals surface area contributed by atoms with E-state index in [0.717, 1.165) is 46.5 Å². The molecule has 0 fully saturated rings. The van der Waals surface area contributed by atoms with E-state index < -0.39 is 5.92 Å². The number of rotatable bonds is 5. The summed E-state index contributed by atoms with van der Waals surface area (Å²) in [5, 5.41) is 0.394. The summed E-state index contributed by atoms with van der Waals surface area (Å²) in [6.07, 6.45) is 2.38. The Bertz CT molecular complexity index is 1320. The third-order valence-electron chi connectivity index (χ3n) is 7.99. The number of carbonyl (C=O) groups excluding carboxylic acids is 2. The second-order valence-corrected chi connectivity index (χ2v) is 12.8. The lowest BCUT2D eigenvalue weighted by atomic mass is 9.63. The maximum atomic E-state index is 14.0. The number of benzene rings is 2. The summed E-state index contributed by atoms with van der Waals surface area (Å²) < 4.78 is 11.1. The average Bonchev–Trinajstić information content (AvgIpc) is 2.83. The van der Waals surface area contributed by atoms with Gasteiger partial charge in [-0.25, -0.2) is 0 Å². The van der Waals surface area contributed by atoms with Crippen LogP contribution in [0.3, 0.4) is 0 Å². The van der Waals surface area contributed by atoms with Crippen LogP contribution in [-0.4, -0.2) is 30.7 Å². The first-order valence-electron chi connectivity index (χ1n) is 13.2. The van der Waals surface area contributed by atoms with Crippen LogP contribution in [-0.2, 0) is 16.1 Å². The molecule has 0 atom stereocenters. The Hall–Kier alpha value is -3.05. The lowest BCUT2D eigenvalue weighted by Crippen LogP contribution is -2.44. The highest BCUT2D eigenvalue weighted by Crippen LogP contribution is 2.55. The standard InChI is InChI=1S/C32H36ClNO4/c1-31(2)14-22-28(24(35)16-31)27(20-12-21(33)30(38-6)26(13-20)37-5)29-23(15-32(3,4)17-25(29)36)34(22)18-19-10-8-7-9-11-19/h7-13,27H,14-18H2,1-6H3. The van der Waals surface area contributed by atoms with Gasteiger partial charge in [-0.3, -0.25) is 9.59 Å². The topological polar surface area (TPSA) is 55.8 Å². The van der Waals surface area contributed by atoms with E-state index >= 15 is 0 Å². The van der Waals surface area contributed by atoms with E-state index in [1.54, 1.807) is 14.2 Å². The molecule has 0 N–H and O–H groups in total. The Morgan fingerprint density at radius 2 is 1.39 bits per heavy atom. The molecule has 3 aliphatic rings. The number of hydrogen-bond acceptors (Lipinski definition) is 5. The Kier molecular flexibility index (Phi) is 6.71. The normalized spacial score (nSPS) is 20.9. The number of Topliss-reactive ketones (excluding diaryl/α,β-unsaturated/α-hetero) is 2. The quantitative estimate of drug-likeness (QED) is 0.405. The molecule has 0 saturated carbocycles. The Labute approximate surface area is 230 Å². The van der Waals surface area contributed by atoms with Gasteiger partial charge in [0.1, 0.15) is 0 Å². The van der Waals surface area contributed by atoms with Crippen molar-refractivity contribution in [3.8, 4) is 11.5 Å². The molecule has 0 aromatic heterocycles. The van der Waals surface area contributed by atoms with Crippen LogP contribution in [0, 0.1) is 10.8 Å². The van der Waals surface area contributed by atoms with Crippen LogP contribution < -0.4 is 9.47 Å². The Morgan fingerprint density at radius 1 is 0.842 bits per heavy atom. The summed E-state index contributed by atoms with van der Waals surface area (Å²) in [5.74, 6) is 0.619. The Balaban J connectivity index is 1.79. The van der Waals surface area contributed by atoms with E-state index in [9.17, 15) is 9.59 Å². The third kappa shape index (κ3) is 4.66. The van der Waals surface area contributed by atoms with Crippen molar-refractivity contribution in [3.05, 3.63) is 81.2 Å². The van der Waals surface area contributed by atoms with Crippen molar-refractivity contribution in [2.24, 2.45) is 10.8 Å². The van der Waals surface area contributed by atoms with Crippen LogP contribution in [0.5, 0.6) is 11.5 Å². The van der Waals surface area contributed by atoms with Crippen LogP contribution in [0.1, 0.15) is 70.4 Å². The first-order chi connectivity index (χ1) is 17.9. The minimum Gasteiger partial charge on any atom is -0.493 e. The van der Waals surface area contributed by atoms with Gasteiger partial charge in [0.2, 0.25) is 0 Å². The molecular weight excluding hydrogens is 498 g/mol. The zero-order valence-corrected chi connectivity index (χ0v) is 23.9. The average molecular weight is 534 g/mol. The van der Waals surface area contributed by atoms with Crippen molar-refractivity contribution in [1.82, 2.24) is 4.90 Å². The maximum Gasteiger partial charge on any atom is 0.179 e. The predicted octanol–water partition coefficient (Wildman–Crippen LogP) is 7.24. The Morgan fingerprint density at radius 3 is 1.89 bits per heavy atom. The van der Waals surface area contributed by atoms with E-state index in [2.05, 4.69) is 44.7 Å². The van der Waals surface area contributed by atoms with E-state index in [-0.39, 0.29) is 22.4 Å². The summed E-state index contributed by atoms with van der Waals surface area (Å²) in [4.78, 5) is 30.3. The van der Waals surface area contributed by atoms with Gasteiger partial charge in [-0.2, -0.15) is 0 Å². The van der Waals surface area contributed by atoms with Gasteiger partial charge in [-0.15, -0.1) is 0 Å². The molecule has 0 saturated heterocycles. The molecule has 2 aromatic carbocycles. The molecule has 0 amide bonds. The zero-order chi connectivity index (χ0) is 27.4. The van der Waals surface area contributed by atoms with Gasteiger partial charge in [-0.05, 0) is 46.9 Å². The number of allylic oxidation sites excluding steroid dienone is 4. The molecule has 0 radical (unpaired) electrons. The molecule has 0 spiro atoms. The van der Waals surface area contributed by atoms with E-state index in [4.69, 9.17) is 21.1 Å². The molecule has 5 nitrogen and oxygen atoms in total. The van der Waals surface area contributed by atoms with E-state index in [0.29, 0.717) is 35.9 Å². The largest absolute Gasteiger partial charge is 0.493 e. The molecule has 200 valence electrons. The van der Waals surface area contributed by atoms with Crippen molar-refractivity contribution in [2.45, 2.75) is 65.8 Å². The van der Waals surface area contributed by atoms with Gasteiger partial charge in [0.25, 0.3) is 0 Å². The molecule has 6 heteroatoms. The van der Waals surface area contributed by atoms with Gasteiger partial charge in [-0.1, -0.05) is 69.6 Å². The van der Waals surface area contributed by atoms with Crippen molar-refractivity contribution < 1.29 is 19.1 Å². The van der Waals surface area contributed by atoms with Crippen LogP contribution in [0.4, 0.5) is 0 Å². The highest BCUT2D eigenvalue weighted by Gasteiger charge is 2.49. The third-order valence-corrected chi connectivity index (χ3v) is 8.28. The SMILES string of the molecule is COc1cc(C2C3=C(CC(C)(C)CC3=O)N(Cc3ccccc3)C3=C2C(=O)CC(C)(C)C3)cc(Cl)c1OC. The smallest absolute Gasteiger partial charge is 0.179 e. The van der Waals surface area contributed by atoms with Crippen molar-refractivity contribution in [2.75, 3.05) is 14.2 Å². The molecule has 38 heavy (non-hydrogen) atoms. The highest BCUT2D eigenvalue weighted by atomic mass is 35.5. The van der Waals surface area contributed by atoms with Gasteiger partial charge in [0.15, 0.2) is 23.1 Å². The predicted molar refractivity (Wildman–Crippen MR) is 149 cm³/mol. The van der Waals surface area contributed by atoms with Crippen molar-refractivity contribution in [1.29, 1.82) is 0 Å². The van der Waals surface area contributed by atoms with Gasteiger partial charge < -0.3 is 14.4 Å². The fraction of sp³-hybridized carbons (Fsp3) is 0.438. The summed E-state index contributed by atoms with van der Waals surface area (Å²) in [6.45, 7) is 9.22. The molecular formula is C32H36ClNO4. The summed E-state index contributed by atoms with van der Waals surface area (Å²) in [6, 6.07) is 14.0. The fourth-order valence-corrected chi connectivity index (χ4v) is 6.74. The lowest BCUT2D eigenvalue weighted by molar-refractivity contribution is -0.119. The van der Waals surface area contributed by atoms with Crippen molar-refractivity contribution in [3.63, 3.8) is 0 Å². The van der Waals surface area contributed by atoms with Crippen LogP contribution in [0.15, 0.2) is 65.0 Å². The molecule has 1 heterocycles. The number of ether oxygens (including phenoxy) is 2. The number of nitrogens with zero attached hydrogens (tertiary/aromatic N) is 1. The van der Waals surface area contributed by atoms with Crippen LogP contribution >= 0.6 is 11.6 Å². The number of methoxy groups -OCH3 is 2. The zero-order valence-electron chi connectivity index (χ0n) is 23.1. The number of hydrogen-bond donors (Lipinski definition) is 0. The summed E-state index contributed by atoms with van der Waals surface area (Å²) >= 11 is 6.66. The van der Waals surface area contributed by atoms with E-state index in [1.165, 1.54) is 0 Å². The molecule has 1 aliphatic heterocycles. The monoisotopic (exact) mass is 533 g/mol. The minimum atomic E-state index is -0.489. The maximum absolute atomic E-state index is 14.0. The summed E-state index contributed by atoms with van der Waals surface area (Å²) in [5.41, 5.74) is 5.04. The molecule has 0 unspecified atom stereocenters. The lowest BCUT2D eigenvalue weighted by Gasteiger charge is -2.49. The molecule has 2 aromatic rings. The van der Waals surface area contributed by atoms with E-state index in [1.807, 2.05) is 30.3 Å². The summed E-state index contributed by atoms with van der Waals surface area (Å²) in [7, 11) is 3.12. The second kappa shape index (κ2) is 9.60. The first kappa shape index (κ1) is 26.6. The molecule has 5 rings (SSSR count). The van der Waals surface area contributed by atoms with Crippen LogP contribution in [0.2, 0.25) is 5.02 Å². The van der Waals surface area contributed by atoms with Crippen LogP contribution in [0.25, 0.3) is 0 Å². The van der Waals surface area contributed by atoms with Gasteiger partial charge in [0, 0.05) is 47.8 Å². The number of halogens is 1. The van der Waals surface area contributed by atoms with Crippen molar-refractivity contribution >= 4 is 23.2 Å². The molecule has 2 aliphatic carbocycles. The molecule has 0 bridgehead atoms. The van der Waals surface area contributed by atoms with Gasteiger partial charge >= 0.3 is 0 Å². The highest BCUT2D eigenvalue weighted by molar-refractivity contribution is 6.32. The first-order valence-corrected chi connectivity index (χ1v) is 13.6. The second-order valence-electron chi connectivity index (χ2n) is 12.3. The fourth-order valence-electron chi connectivity index (χ4n) is 6.44. The minimum absolute atomic E-state index is 0.0920.